The maximum Gasteiger partial charge on any atom is 0.330 e. The Balaban J connectivity index is 1.45. The fourth-order valence-electron chi connectivity index (χ4n) is 3.99. The maximum atomic E-state index is 12.8. The highest BCUT2D eigenvalue weighted by Gasteiger charge is 2.43. The first-order valence-corrected chi connectivity index (χ1v) is 10.8. The van der Waals surface area contributed by atoms with Gasteiger partial charge in [0.2, 0.25) is 11.7 Å². The second-order valence-electron chi connectivity index (χ2n) is 7.42. The third-order valence-corrected chi connectivity index (χ3v) is 6.75. The maximum absolute atomic E-state index is 12.8. The number of esters is 1. The zero-order valence-corrected chi connectivity index (χ0v) is 17.2. The molecule has 0 saturated carbocycles. The highest BCUT2D eigenvalue weighted by atomic mass is 32.2. The summed E-state index contributed by atoms with van der Waals surface area (Å²) in [6.07, 6.45) is 3.76. The molecule has 1 aliphatic heterocycles. The number of Topliss-reactive ketones (excluding diaryl/α,β-unsaturated/α-hetero) is 1. The normalized spacial score (nSPS) is 21.7. The summed E-state index contributed by atoms with van der Waals surface area (Å²) in [5, 5.41) is -0.372. The van der Waals surface area contributed by atoms with Crippen LogP contribution < -0.4 is 0 Å². The summed E-state index contributed by atoms with van der Waals surface area (Å²) in [5.41, 5.74) is 3.05. The van der Waals surface area contributed by atoms with Crippen molar-refractivity contribution in [3.63, 3.8) is 0 Å². The molecule has 1 aromatic heterocycles. The van der Waals surface area contributed by atoms with Gasteiger partial charge in [-0.15, -0.1) is 11.8 Å². The fraction of sp³-hybridized carbons (Fsp3) is 0.409. The van der Waals surface area contributed by atoms with Crippen molar-refractivity contribution in [2.24, 2.45) is 0 Å². The molecule has 1 amide bonds. The van der Waals surface area contributed by atoms with E-state index in [1.165, 1.54) is 41.0 Å². The minimum absolute atomic E-state index is 0.226. The smallest absolute Gasteiger partial charge is 0.330 e. The van der Waals surface area contributed by atoms with Gasteiger partial charge in [0.1, 0.15) is 17.2 Å². The summed E-state index contributed by atoms with van der Waals surface area (Å²) in [4.78, 5) is 39.3. The van der Waals surface area contributed by atoms with Crippen LogP contribution in [0.4, 0.5) is 0 Å². The van der Waals surface area contributed by atoms with Crippen LogP contribution >= 0.6 is 11.8 Å². The number of benzene rings is 1. The summed E-state index contributed by atoms with van der Waals surface area (Å²) in [7, 11) is 0. The quantitative estimate of drug-likeness (QED) is 0.551. The molecule has 3 atom stereocenters. The van der Waals surface area contributed by atoms with E-state index in [1.54, 1.807) is 25.1 Å². The van der Waals surface area contributed by atoms with Crippen LogP contribution in [-0.2, 0) is 27.2 Å². The Morgan fingerprint density at radius 3 is 2.72 bits per heavy atom. The van der Waals surface area contributed by atoms with E-state index < -0.39 is 18.1 Å². The number of rotatable bonds is 5. The number of hydrogen-bond donors (Lipinski definition) is 0. The Morgan fingerprint density at radius 1 is 1.21 bits per heavy atom. The molecular weight excluding hydrogens is 390 g/mol. The lowest BCUT2D eigenvalue weighted by Gasteiger charge is -2.26. The largest absolute Gasteiger partial charge is 0.466 e. The second kappa shape index (κ2) is 8.06. The van der Waals surface area contributed by atoms with E-state index in [4.69, 9.17) is 9.15 Å². The predicted octanol–water partition coefficient (Wildman–Crippen LogP) is 3.55. The molecule has 1 saturated heterocycles. The van der Waals surface area contributed by atoms with Gasteiger partial charge in [-0.3, -0.25) is 9.59 Å². The van der Waals surface area contributed by atoms with Gasteiger partial charge in [0.15, 0.2) is 6.10 Å². The molecule has 0 radical (unpaired) electrons. The molecule has 4 rings (SSSR count). The predicted molar refractivity (Wildman–Crippen MR) is 109 cm³/mol. The Kier molecular flexibility index (Phi) is 5.50. The number of thioether (sulfide) groups is 1. The van der Waals surface area contributed by atoms with Crippen molar-refractivity contribution in [2.75, 3.05) is 5.75 Å². The van der Waals surface area contributed by atoms with Crippen molar-refractivity contribution in [1.82, 2.24) is 4.90 Å². The minimum atomic E-state index is -0.913. The summed E-state index contributed by atoms with van der Waals surface area (Å²) >= 11 is 1.44. The number of furan rings is 1. The lowest BCUT2D eigenvalue weighted by Crippen LogP contribution is -2.44. The monoisotopic (exact) mass is 413 g/mol. The fourth-order valence-corrected chi connectivity index (χ4v) is 5.41. The van der Waals surface area contributed by atoms with E-state index in [0.717, 1.165) is 19.3 Å². The van der Waals surface area contributed by atoms with Gasteiger partial charge in [0.25, 0.3) is 0 Å². The van der Waals surface area contributed by atoms with E-state index in [9.17, 15) is 14.4 Å². The van der Waals surface area contributed by atoms with Crippen LogP contribution in [0.5, 0.6) is 0 Å². The number of ether oxygens (including phenoxy) is 1. The Hall–Kier alpha value is -2.54. The van der Waals surface area contributed by atoms with Crippen LogP contribution in [0.3, 0.4) is 0 Å². The number of ketones is 1. The van der Waals surface area contributed by atoms with Gasteiger partial charge in [-0.2, -0.15) is 0 Å². The van der Waals surface area contributed by atoms with Crippen LogP contribution in [0, 0.1) is 0 Å². The van der Waals surface area contributed by atoms with E-state index in [-0.39, 0.29) is 17.1 Å². The molecule has 0 unspecified atom stereocenters. The van der Waals surface area contributed by atoms with Crippen LogP contribution in [0.2, 0.25) is 0 Å². The number of nitrogens with zero attached hydrogens (tertiary/aromatic N) is 1. The third-order valence-electron chi connectivity index (χ3n) is 5.47. The Bertz CT molecular complexity index is 939. The van der Waals surface area contributed by atoms with Crippen LogP contribution in [-0.4, -0.2) is 40.5 Å². The highest BCUT2D eigenvalue weighted by Crippen LogP contribution is 2.42. The van der Waals surface area contributed by atoms with Crippen molar-refractivity contribution in [3.05, 3.63) is 59.0 Å². The van der Waals surface area contributed by atoms with Crippen molar-refractivity contribution in [1.29, 1.82) is 0 Å². The summed E-state index contributed by atoms with van der Waals surface area (Å²) in [5.74, 6) is -0.0260. The van der Waals surface area contributed by atoms with Gasteiger partial charge in [-0.25, -0.2) is 4.79 Å². The van der Waals surface area contributed by atoms with Crippen LogP contribution in [0.1, 0.15) is 52.9 Å². The number of carbonyl (C=O) groups excluding carboxylic acids is 3. The SMILES string of the molecule is CC(=O)N1[C@@H](C(=O)O[C@@H](C)C(=O)c2ccc3c(c2)CCC3)CS[C@@H]1c1ccco1. The molecule has 1 aliphatic carbocycles. The molecule has 7 heteroatoms. The summed E-state index contributed by atoms with van der Waals surface area (Å²) in [6, 6.07) is 8.48. The molecule has 152 valence electrons. The number of fused-ring (bicyclic) bond motifs is 1. The number of carbonyl (C=O) groups is 3. The molecule has 2 heterocycles. The lowest BCUT2D eigenvalue weighted by molar-refractivity contribution is -0.155. The molecule has 2 aliphatic rings. The van der Waals surface area contributed by atoms with Crippen LogP contribution in [0.25, 0.3) is 0 Å². The Morgan fingerprint density at radius 2 is 2.00 bits per heavy atom. The first kappa shape index (κ1) is 19.8. The van der Waals surface area contributed by atoms with Gasteiger partial charge in [0.05, 0.1) is 6.26 Å². The van der Waals surface area contributed by atoms with E-state index in [0.29, 0.717) is 17.1 Å². The Labute approximate surface area is 173 Å². The standard InChI is InChI=1S/C22H23NO5S/c1-13(20(25)17-9-8-15-5-3-6-16(15)11-17)28-22(26)18-12-29-21(23(18)14(2)24)19-7-4-10-27-19/h4,7-11,13,18,21H,3,5-6,12H2,1-2H3/t13-,18+,21+/m0/s1. The number of amides is 1. The second-order valence-corrected chi connectivity index (χ2v) is 8.54. The molecule has 0 N–H and O–H groups in total. The average Bonchev–Trinajstić information content (AvgIpc) is 3.45. The minimum Gasteiger partial charge on any atom is -0.466 e. The molecular formula is C22H23NO5S. The van der Waals surface area contributed by atoms with E-state index in [2.05, 4.69) is 0 Å². The zero-order valence-electron chi connectivity index (χ0n) is 16.4. The van der Waals surface area contributed by atoms with Gasteiger partial charge in [-0.1, -0.05) is 12.1 Å². The van der Waals surface area contributed by atoms with Crippen LogP contribution in [0.15, 0.2) is 41.0 Å². The van der Waals surface area contributed by atoms with Gasteiger partial charge in [0, 0.05) is 18.2 Å². The molecule has 1 aromatic carbocycles. The molecule has 0 bridgehead atoms. The third kappa shape index (κ3) is 3.83. The van der Waals surface area contributed by atoms with Crippen molar-refractivity contribution in [3.8, 4) is 0 Å². The molecule has 0 spiro atoms. The highest BCUT2D eigenvalue weighted by molar-refractivity contribution is 7.99. The summed E-state index contributed by atoms with van der Waals surface area (Å²) in [6.45, 7) is 3.00. The van der Waals surface area contributed by atoms with E-state index in [1.807, 2.05) is 12.1 Å². The van der Waals surface area contributed by atoms with Crippen molar-refractivity contribution < 1.29 is 23.5 Å². The average molecular weight is 413 g/mol. The first-order chi connectivity index (χ1) is 14.0. The number of hydrogen-bond acceptors (Lipinski definition) is 6. The molecule has 2 aromatic rings. The van der Waals surface area contributed by atoms with Crippen molar-refractivity contribution in [2.45, 2.75) is 50.6 Å². The molecule has 1 fully saturated rings. The number of aryl methyl sites for hydroxylation is 2. The van der Waals surface area contributed by atoms with Crippen molar-refractivity contribution >= 4 is 29.4 Å². The molecule has 6 nitrogen and oxygen atoms in total. The topological polar surface area (TPSA) is 76.8 Å². The van der Waals surface area contributed by atoms with Gasteiger partial charge in [-0.05, 0) is 55.5 Å². The summed E-state index contributed by atoms with van der Waals surface area (Å²) < 4.78 is 10.9. The van der Waals surface area contributed by atoms with Gasteiger partial charge >= 0.3 is 5.97 Å². The first-order valence-electron chi connectivity index (χ1n) is 9.76. The zero-order chi connectivity index (χ0) is 20.5. The van der Waals surface area contributed by atoms with E-state index >= 15 is 0 Å². The lowest BCUT2D eigenvalue weighted by atomic mass is 10.0. The molecule has 29 heavy (non-hydrogen) atoms. The van der Waals surface area contributed by atoms with Gasteiger partial charge < -0.3 is 14.1 Å².